The van der Waals surface area contributed by atoms with Gasteiger partial charge < -0.3 is 16.0 Å². The quantitative estimate of drug-likeness (QED) is 0.781. The first-order chi connectivity index (χ1) is 8.31. The molecule has 1 aliphatic heterocycles. The van der Waals surface area contributed by atoms with E-state index in [9.17, 15) is 0 Å². The Hall–Kier alpha value is -0.120. The Labute approximate surface area is 105 Å². The van der Waals surface area contributed by atoms with E-state index in [1.807, 2.05) is 0 Å². The number of piperidine rings is 1. The Bertz CT molecular complexity index is 244. The Balaban J connectivity index is 1.40. The molecule has 3 fully saturated rings. The number of likely N-dealkylation sites (tertiary alicyclic amines) is 1. The van der Waals surface area contributed by atoms with Gasteiger partial charge in [-0.1, -0.05) is 6.42 Å². The lowest BCUT2D eigenvalue weighted by molar-refractivity contribution is 0.175. The van der Waals surface area contributed by atoms with Crippen molar-refractivity contribution in [1.29, 1.82) is 0 Å². The largest absolute Gasteiger partial charge is 0.328 e. The number of nitrogens with two attached hydrogens (primary N) is 1. The van der Waals surface area contributed by atoms with Crippen LogP contribution in [-0.2, 0) is 0 Å². The molecule has 2 aliphatic carbocycles. The summed E-state index contributed by atoms with van der Waals surface area (Å²) < 4.78 is 0. The van der Waals surface area contributed by atoms with Crippen LogP contribution in [0.5, 0.6) is 0 Å². The van der Waals surface area contributed by atoms with Crippen LogP contribution < -0.4 is 11.1 Å². The van der Waals surface area contributed by atoms with Gasteiger partial charge in [-0.05, 0) is 58.0 Å². The molecule has 3 rings (SSSR count). The minimum absolute atomic E-state index is 0.452. The summed E-state index contributed by atoms with van der Waals surface area (Å²) in [6, 6.07) is 2.88. The predicted octanol–water partition coefficient (Wildman–Crippen LogP) is 1.47. The van der Waals surface area contributed by atoms with Gasteiger partial charge in [0.1, 0.15) is 0 Å². The van der Waals surface area contributed by atoms with Gasteiger partial charge in [-0.15, -0.1) is 0 Å². The van der Waals surface area contributed by atoms with Gasteiger partial charge in [0.15, 0.2) is 0 Å². The van der Waals surface area contributed by atoms with Crippen LogP contribution in [0.2, 0.25) is 0 Å². The minimum Gasteiger partial charge on any atom is -0.328 e. The van der Waals surface area contributed by atoms with E-state index in [1.54, 1.807) is 0 Å². The van der Waals surface area contributed by atoms with Gasteiger partial charge in [-0.2, -0.15) is 0 Å². The smallest absolute Gasteiger partial charge is 0.00964 e. The third-order valence-corrected chi connectivity index (χ3v) is 4.78. The molecule has 2 atom stereocenters. The van der Waals surface area contributed by atoms with Crippen molar-refractivity contribution in [3.63, 3.8) is 0 Å². The van der Waals surface area contributed by atoms with Crippen LogP contribution in [0.15, 0.2) is 0 Å². The molecule has 0 aromatic carbocycles. The van der Waals surface area contributed by atoms with Crippen molar-refractivity contribution in [3.8, 4) is 0 Å². The number of hydrogen-bond acceptors (Lipinski definition) is 3. The number of hydrogen-bond donors (Lipinski definition) is 2. The fraction of sp³-hybridized carbons (Fsp3) is 1.00. The van der Waals surface area contributed by atoms with E-state index < -0.39 is 0 Å². The van der Waals surface area contributed by atoms with Gasteiger partial charge in [0.2, 0.25) is 0 Å². The average Bonchev–Trinajstić information content (AvgIpc) is 3.14. The van der Waals surface area contributed by atoms with Gasteiger partial charge in [-0.25, -0.2) is 0 Å². The van der Waals surface area contributed by atoms with Gasteiger partial charge in [0, 0.05) is 24.2 Å². The van der Waals surface area contributed by atoms with Crippen molar-refractivity contribution in [2.45, 2.75) is 75.5 Å². The summed E-state index contributed by atoms with van der Waals surface area (Å²) in [4.78, 5) is 2.70. The zero-order chi connectivity index (χ0) is 11.7. The first-order valence-electron chi connectivity index (χ1n) is 7.57. The molecule has 0 bridgehead atoms. The summed E-state index contributed by atoms with van der Waals surface area (Å²) in [6.07, 6.45) is 10.7. The summed E-state index contributed by atoms with van der Waals surface area (Å²) in [6.45, 7) is 2.64. The molecule has 3 heteroatoms. The molecule has 2 saturated carbocycles. The normalized spacial score (nSPS) is 37.2. The molecule has 0 spiro atoms. The second-order valence-corrected chi connectivity index (χ2v) is 6.33. The van der Waals surface area contributed by atoms with E-state index in [1.165, 1.54) is 64.5 Å². The van der Waals surface area contributed by atoms with Crippen molar-refractivity contribution in [2.75, 3.05) is 13.1 Å². The van der Waals surface area contributed by atoms with Crippen LogP contribution in [0.3, 0.4) is 0 Å². The van der Waals surface area contributed by atoms with E-state index in [4.69, 9.17) is 5.73 Å². The molecular formula is C14H27N3. The average molecular weight is 237 g/mol. The summed E-state index contributed by atoms with van der Waals surface area (Å²) in [5, 5.41) is 3.86. The van der Waals surface area contributed by atoms with Crippen LogP contribution in [-0.4, -0.2) is 42.2 Å². The summed E-state index contributed by atoms with van der Waals surface area (Å²) in [7, 11) is 0. The highest BCUT2D eigenvalue weighted by molar-refractivity contribution is 4.90. The number of rotatable bonds is 3. The molecule has 0 aromatic heterocycles. The molecule has 0 radical (unpaired) electrons. The molecule has 3 aliphatic rings. The van der Waals surface area contributed by atoms with Gasteiger partial charge in [0.25, 0.3) is 0 Å². The fourth-order valence-electron chi connectivity index (χ4n) is 3.58. The third kappa shape index (κ3) is 3.21. The molecule has 98 valence electrons. The van der Waals surface area contributed by atoms with E-state index in [-0.39, 0.29) is 0 Å². The summed E-state index contributed by atoms with van der Waals surface area (Å²) in [5.74, 6) is 0. The maximum atomic E-state index is 6.05. The Morgan fingerprint density at radius 3 is 2.29 bits per heavy atom. The van der Waals surface area contributed by atoms with Gasteiger partial charge >= 0.3 is 0 Å². The van der Waals surface area contributed by atoms with Crippen molar-refractivity contribution in [1.82, 2.24) is 10.2 Å². The topological polar surface area (TPSA) is 41.3 Å². The zero-order valence-corrected chi connectivity index (χ0v) is 10.9. The molecule has 17 heavy (non-hydrogen) atoms. The van der Waals surface area contributed by atoms with Crippen LogP contribution in [0, 0.1) is 0 Å². The SMILES string of the molecule is NC1CCCC(NC2CCN(C3CC3)CC2)C1. The second-order valence-electron chi connectivity index (χ2n) is 6.33. The monoisotopic (exact) mass is 237 g/mol. The van der Waals surface area contributed by atoms with Gasteiger partial charge in [0.05, 0.1) is 0 Å². The standard InChI is InChI=1S/C14H27N3/c15-11-2-1-3-13(10-11)16-12-6-8-17(9-7-12)14-4-5-14/h11-14,16H,1-10,15H2. The fourth-order valence-corrected chi connectivity index (χ4v) is 3.58. The zero-order valence-electron chi connectivity index (χ0n) is 10.9. The highest BCUT2D eigenvalue weighted by atomic mass is 15.2. The molecular weight excluding hydrogens is 210 g/mol. The molecule has 0 aromatic rings. The Morgan fingerprint density at radius 1 is 0.882 bits per heavy atom. The molecule has 3 N–H and O–H groups in total. The number of nitrogens with zero attached hydrogens (tertiary/aromatic N) is 1. The van der Waals surface area contributed by atoms with E-state index in [0.29, 0.717) is 12.1 Å². The maximum absolute atomic E-state index is 6.05. The summed E-state index contributed by atoms with van der Waals surface area (Å²) in [5.41, 5.74) is 6.05. The van der Waals surface area contributed by atoms with Crippen molar-refractivity contribution < 1.29 is 0 Å². The highest BCUT2D eigenvalue weighted by Crippen LogP contribution is 2.29. The highest BCUT2D eigenvalue weighted by Gasteiger charge is 2.32. The van der Waals surface area contributed by atoms with Crippen LogP contribution in [0.25, 0.3) is 0 Å². The molecule has 3 nitrogen and oxygen atoms in total. The van der Waals surface area contributed by atoms with Crippen molar-refractivity contribution in [2.24, 2.45) is 5.73 Å². The van der Waals surface area contributed by atoms with E-state index in [0.717, 1.165) is 12.1 Å². The third-order valence-electron chi connectivity index (χ3n) is 4.78. The second kappa shape index (κ2) is 5.25. The lowest BCUT2D eigenvalue weighted by Crippen LogP contribution is -2.49. The summed E-state index contributed by atoms with van der Waals surface area (Å²) >= 11 is 0. The van der Waals surface area contributed by atoms with Crippen LogP contribution in [0.4, 0.5) is 0 Å². The minimum atomic E-state index is 0.452. The van der Waals surface area contributed by atoms with Crippen molar-refractivity contribution >= 4 is 0 Å². The molecule has 0 amide bonds. The van der Waals surface area contributed by atoms with E-state index >= 15 is 0 Å². The van der Waals surface area contributed by atoms with Crippen molar-refractivity contribution in [3.05, 3.63) is 0 Å². The Morgan fingerprint density at radius 2 is 1.65 bits per heavy atom. The molecule has 1 saturated heterocycles. The number of nitrogens with one attached hydrogen (secondary N) is 1. The maximum Gasteiger partial charge on any atom is 0.00964 e. The lowest BCUT2D eigenvalue weighted by Gasteiger charge is -2.36. The predicted molar refractivity (Wildman–Crippen MR) is 71.0 cm³/mol. The van der Waals surface area contributed by atoms with Crippen LogP contribution in [0.1, 0.15) is 51.4 Å². The molecule has 1 heterocycles. The first kappa shape index (κ1) is 11.9. The van der Waals surface area contributed by atoms with Gasteiger partial charge in [-0.3, -0.25) is 0 Å². The first-order valence-corrected chi connectivity index (χ1v) is 7.57. The Kier molecular flexibility index (Phi) is 3.69. The van der Waals surface area contributed by atoms with E-state index in [2.05, 4.69) is 10.2 Å². The van der Waals surface area contributed by atoms with Crippen LogP contribution >= 0.6 is 0 Å². The molecule has 2 unspecified atom stereocenters. The lowest BCUT2D eigenvalue weighted by atomic mass is 9.90.